The van der Waals surface area contributed by atoms with Crippen molar-refractivity contribution in [1.82, 2.24) is 0 Å². The largest absolute Gasteiger partial charge is 0.457 e. The molecule has 0 unspecified atom stereocenters. The van der Waals surface area contributed by atoms with E-state index in [-0.39, 0.29) is 0 Å². The second-order valence-electron chi connectivity index (χ2n) is 6.01. The Kier molecular flexibility index (Phi) is 5.86. The van der Waals surface area contributed by atoms with Gasteiger partial charge in [0.1, 0.15) is 11.5 Å². The van der Waals surface area contributed by atoms with Crippen LogP contribution in [0.4, 0.5) is 5.69 Å². The number of ether oxygens (including phenoxy) is 3. The lowest BCUT2D eigenvalue weighted by Crippen LogP contribution is -2.33. The minimum absolute atomic E-state index is 0.395. The lowest BCUT2D eigenvalue weighted by molar-refractivity contribution is -0.162. The van der Waals surface area contributed by atoms with Crippen LogP contribution in [-0.4, -0.2) is 30.7 Å². The molecule has 0 radical (unpaired) electrons. The van der Waals surface area contributed by atoms with Gasteiger partial charge >= 0.3 is 5.97 Å². The first kappa shape index (κ1) is 17.9. The third-order valence-corrected chi connectivity index (χ3v) is 3.96. The summed E-state index contributed by atoms with van der Waals surface area (Å²) in [7, 11) is 0. The van der Waals surface area contributed by atoms with Crippen LogP contribution in [-0.2, 0) is 19.1 Å². The van der Waals surface area contributed by atoms with Gasteiger partial charge in [-0.1, -0.05) is 18.2 Å². The monoisotopic (exact) mass is 355 g/mol. The summed E-state index contributed by atoms with van der Waals surface area (Å²) < 4.78 is 16.1. The minimum Gasteiger partial charge on any atom is -0.457 e. The smallest absolute Gasteiger partial charge is 0.336 e. The van der Waals surface area contributed by atoms with Gasteiger partial charge in [-0.15, -0.1) is 0 Å². The zero-order valence-electron chi connectivity index (χ0n) is 14.5. The number of hydrogen-bond donors (Lipinski definition) is 1. The highest BCUT2D eigenvalue weighted by atomic mass is 16.6. The van der Waals surface area contributed by atoms with Crippen LogP contribution in [0.2, 0.25) is 0 Å². The number of amides is 1. The van der Waals surface area contributed by atoms with Gasteiger partial charge < -0.3 is 19.5 Å². The van der Waals surface area contributed by atoms with Gasteiger partial charge in [0.2, 0.25) is 0 Å². The highest BCUT2D eigenvalue weighted by Gasteiger charge is 2.28. The first-order chi connectivity index (χ1) is 12.6. The number of esters is 1. The van der Waals surface area contributed by atoms with Crippen LogP contribution in [0.25, 0.3) is 0 Å². The maximum absolute atomic E-state index is 12.2. The van der Waals surface area contributed by atoms with E-state index in [0.29, 0.717) is 24.5 Å². The lowest BCUT2D eigenvalue weighted by atomic mass is 10.2. The number of nitrogens with one attached hydrogen (secondary N) is 1. The van der Waals surface area contributed by atoms with Gasteiger partial charge in [-0.05, 0) is 56.2 Å². The van der Waals surface area contributed by atoms with E-state index in [9.17, 15) is 9.59 Å². The molecule has 1 saturated heterocycles. The second-order valence-corrected chi connectivity index (χ2v) is 6.01. The van der Waals surface area contributed by atoms with Crippen LogP contribution < -0.4 is 10.1 Å². The molecule has 1 N–H and O–H groups in total. The quantitative estimate of drug-likeness (QED) is 0.803. The second kappa shape index (κ2) is 8.49. The van der Waals surface area contributed by atoms with E-state index in [1.807, 2.05) is 30.3 Å². The summed E-state index contributed by atoms with van der Waals surface area (Å²) in [6.45, 7) is 2.09. The number of anilines is 1. The molecule has 0 bridgehead atoms. The fourth-order valence-electron chi connectivity index (χ4n) is 2.54. The number of para-hydroxylation sites is 1. The molecule has 26 heavy (non-hydrogen) atoms. The van der Waals surface area contributed by atoms with Crippen LogP contribution in [0.15, 0.2) is 54.6 Å². The number of carbonyl (C=O) groups is 2. The van der Waals surface area contributed by atoms with Crippen molar-refractivity contribution >= 4 is 17.6 Å². The molecule has 2 aromatic rings. The van der Waals surface area contributed by atoms with Gasteiger partial charge in [0.25, 0.3) is 5.91 Å². The Morgan fingerprint density at radius 2 is 1.77 bits per heavy atom. The SMILES string of the molecule is C[C@H](OC(=O)[C@@H]1CCCO1)C(=O)Nc1ccc(Oc2ccccc2)cc1. The Morgan fingerprint density at radius 1 is 1.08 bits per heavy atom. The van der Waals surface area contributed by atoms with E-state index < -0.39 is 24.1 Å². The topological polar surface area (TPSA) is 73.9 Å². The van der Waals surface area contributed by atoms with Crippen LogP contribution in [0.3, 0.4) is 0 Å². The molecular formula is C20H21NO5. The molecule has 1 aliphatic rings. The fraction of sp³-hybridized carbons (Fsp3) is 0.300. The van der Waals surface area contributed by atoms with Gasteiger partial charge in [-0.25, -0.2) is 4.79 Å². The third kappa shape index (κ3) is 4.83. The van der Waals surface area contributed by atoms with E-state index in [1.165, 1.54) is 6.92 Å². The molecule has 3 rings (SSSR count). The molecule has 1 fully saturated rings. The van der Waals surface area contributed by atoms with E-state index in [0.717, 1.165) is 12.2 Å². The summed E-state index contributed by atoms with van der Waals surface area (Å²) in [6.07, 6.45) is 0.0139. The third-order valence-electron chi connectivity index (χ3n) is 3.96. The fourth-order valence-corrected chi connectivity index (χ4v) is 2.54. The van der Waals surface area contributed by atoms with Gasteiger partial charge in [0.15, 0.2) is 12.2 Å². The maximum atomic E-state index is 12.2. The summed E-state index contributed by atoms with van der Waals surface area (Å²) in [5, 5.41) is 2.72. The lowest BCUT2D eigenvalue weighted by Gasteiger charge is -2.16. The normalized spacial score (nSPS) is 17.3. The summed E-state index contributed by atoms with van der Waals surface area (Å²) in [4.78, 5) is 24.1. The molecule has 0 saturated carbocycles. The first-order valence-corrected chi connectivity index (χ1v) is 8.58. The summed E-state index contributed by atoms with van der Waals surface area (Å²) in [5.74, 6) is 0.510. The molecule has 0 spiro atoms. The summed E-state index contributed by atoms with van der Waals surface area (Å²) >= 11 is 0. The van der Waals surface area contributed by atoms with Crippen molar-refractivity contribution in [2.45, 2.75) is 32.0 Å². The van der Waals surface area contributed by atoms with Crippen molar-refractivity contribution in [3.63, 3.8) is 0 Å². The summed E-state index contributed by atoms with van der Waals surface area (Å²) in [6, 6.07) is 16.4. The Bertz CT molecular complexity index is 739. The molecule has 6 heteroatoms. The molecule has 1 heterocycles. The van der Waals surface area contributed by atoms with Gasteiger partial charge in [0, 0.05) is 12.3 Å². The Balaban J connectivity index is 1.51. The van der Waals surface area contributed by atoms with Gasteiger partial charge in [-0.2, -0.15) is 0 Å². The van der Waals surface area contributed by atoms with Crippen molar-refractivity contribution in [3.05, 3.63) is 54.6 Å². The van der Waals surface area contributed by atoms with Crippen LogP contribution in [0.1, 0.15) is 19.8 Å². The predicted octanol–water partition coefficient (Wildman–Crippen LogP) is 3.53. The van der Waals surface area contributed by atoms with Crippen LogP contribution in [0, 0.1) is 0 Å². The minimum atomic E-state index is -0.896. The molecule has 1 aliphatic heterocycles. The molecule has 0 aromatic heterocycles. The average Bonchev–Trinajstić information content (AvgIpc) is 3.19. The van der Waals surface area contributed by atoms with Crippen molar-refractivity contribution in [3.8, 4) is 11.5 Å². The molecule has 2 atom stereocenters. The standard InChI is InChI=1S/C20H21NO5/c1-14(25-20(23)18-8-5-13-24-18)19(22)21-15-9-11-17(12-10-15)26-16-6-3-2-4-7-16/h2-4,6-7,9-12,14,18H,5,8,13H2,1H3,(H,21,22)/t14-,18-/m0/s1. The maximum Gasteiger partial charge on any atom is 0.336 e. The highest BCUT2D eigenvalue weighted by Crippen LogP contribution is 2.22. The number of carbonyl (C=O) groups excluding carboxylic acids is 2. The Morgan fingerprint density at radius 3 is 2.42 bits per heavy atom. The summed E-state index contributed by atoms with van der Waals surface area (Å²) in [5.41, 5.74) is 0.593. The molecule has 6 nitrogen and oxygen atoms in total. The van der Waals surface area contributed by atoms with E-state index in [1.54, 1.807) is 24.3 Å². The average molecular weight is 355 g/mol. The molecule has 1 amide bonds. The zero-order chi connectivity index (χ0) is 18.4. The highest BCUT2D eigenvalue weighted by molar-refractivity contribution is 5.95. The van der Waals surface area contributed by atoms with Crippen LogP contribution in [0.5, 0.6) is 11.5 Å². The number of hydrogen-bond acceptors (Lipinski definition) is 5. The molecule has 136 valence electrons. The molecule has 2 aromatic carbocycles. The first-order valence-electron chi connectivity index (χ1n) is 8.58. The van der Waals surface area contributed by atoms with Crippen molar-refractivity contribution < 1.29 is 23.8 Å². The van der Waals surface area contributed by atoms with Crippen molar-refractivity contribution in [2.75, 3.05) is 11.9 Å². The van der Waals surface area contributed by atoms with Crippen molar-refractivity contribution in [2.24, 2.45) is 0 Å². The molecular weight excluding hydrogens is 334 g/mol. The number of benzene rings is 2. The van der Waals surface area contributed by atoms with Gasteiger partial charge in [-0.3, -0.25) is 4.79 Å². The van der Waals surface area contributed by atoms with Gasteiger partial charge in [0.05, 0.1) is 0 Å². The number of rotatable bonds is 6. The Labute approximate surface area is 152 Å². The van der Waals surface area contributed by atoms with E-state index in [2.05, 4.69) is 5.32 Å². The van der Waals surface area contributed by atoms with E-state index in [4.69, 9.17) is 14.2 Å². The van der Waals surface area contributed by atoms with E-state index >= 15 is 0 Å². The molecule has 0 aliphatic carbocycles. The van der Waals surface area contributed by atoms with Crippen molar-refractivity contribution in [1.29, 1.82) is 0 Å². The zero-order valence-corrected chi connectivity index (χ0v) is 14.5. The van der Waals surface area contributed by atoms with Crippen LogP contribution >= 0.6 is 0 Å². The Hall–Kier alpha value is -2.86. The predicted molar refractivity (Wildman–Crippen MR) is 96.1 cm³/mol.